The number of pyridine rings is 1. The zero-order chi connectivity index (χ0) is 25.2. The zero-order valence-electron chi connectivity index (χ0n) is 20.0. The summed E-state index contributed by atoms with van der Waals surface area (Å²) in [6.07, 6.45) is 9.77. The standard InChI is InChI=1S/C23H29N7O2S.H2O2/c1-4-32-21-14-24-12-19(28-21)20-13-26-23(33-20)22(31)29-17(8-10-30(2)3)18-11-16(7-9-25-18)27-15-5-6-15;1-2/h7,9,11-15,17H,4-6,8,10H2,1-3H3,(H,25,27)(H,29,31);1-2H. The third-order valence-corrected chi connectivity index (χ3v) is 6.13. The predicted octanol–water partition coefficient (Wildman–Crippen LogP) is 3.41. The average molecular weight is 502 g/mol. The van der Waals surface area contributed by atoms with E-state index in [1.807, 2.05) is 33.2 Å². The molecule has 1 amide bonds. The Hall–Kier alpha value is -3.19. The van der Waals surface area contributed by atoms with Gasteiger partial charge in [0.2, 0.25) is 5.88 Å². The number of anilines is 1. The highest BCUT2D eigenvalue weighted by Crippen LogP contribution is 2.28. The number of carbonyl (C=O) groups excluding carboxylic acids is 1. The third-order valence-electron chi connectivity index (χ3n) is 5.11. The van der Waals surface area contributed by atoms with Crippen molar-refractivity contribution in [3.8, 4) is 16.5 Å². The van der Waals surface area contributed by atoms with Crippen LogP contribution in [0, 0.1) is 0 Å². The molecule has 4 rings (SSSR count). The van der Waals surface area contributed by atoms with Crippen LogP contribution in [-0.4, -0.2) is 74.5 Å². The van der Waals surface area contributed by atoms with E-state index in [1.54, 1.807) is 24.8 Å². The maximum Gasteiger partial charge on any atom is 0.280 e. The Labute approximate surface area is 208 Å². The normalized spacial score (nSPS) is 13.5. The second-order valence-corrected chi connectivity index (χ2v) is 9.24. The van der Waals surface area contributed by atoms with E-state index < -0.39 is 0 Å². The van der Waals surface area contributed by atoms with E-state index in [2.05, 4.69) is 35.5 Å². The van der Waals surface area contributed by atoms with Gasteiger partial charge in [0.05, 0.1) is 35.6 Å². The van der Waals surface area contributed by atoms with Crippen molar-refractivity contribution in [1.82, 2.24) is 30.2 Å². The van der Waals surface area contributed by atoms with Crippen molar-refractivity contribution in [2.75, 3.05) is 32.6 Å². The van der Waals surface area contributed by atoms with Crippen LogP contribution in [0.3, 0.4) is 0 Å². The quantitative estimate of drug-likeness (QED) is 0.228. The molecule has 1 fully saturated rings. The van der Waals surface area contributed by atoms with Crippen LogP contribution in [0.5, 0.6) is 5.88 Å². The van der Waals surface area contributed by atoms with E-state index in [-0.39, 0.29) is 11.9 Å². The summed E-state index contributed by atoms with van der Waals surface area (Å²) < 4.78 is 5.42. The van der Waals surface area contributed by atoms with Crippen LogP contribution in [0.25, 0.3) is 10.6 Å². The summed E-state index contributed by atoms with van der Waals surface area (Å²) in [5.41, 5.74) is 2.50. The van der Waals surface area contributed by atoms with Gasteiger partial charge >= 0.3 is 0 Å². The van der Waals surface area contributed by atoms with Gasteiger partial charge in [-0.05, 0) is 59.0 Å². The molecule has 0 aromatic carbocycles. The highest BCUT2D eigenvalue weighted by molar-refractivity contribution is 7.16. The molecule has 35 heavy (non-hydrogen) atoms. The molecule has 1 unspecified atom stereocenters. The van der Waals surface area contributed by atoms with Crippen molar-refractivity contribution in [2.24, 2.45) is 0 Å². The molecule has 0 aliphatic heterocycles. The molecule has 3 aromatic heterocycles. The number of carbonyl (C=O) groups is 1. The first kappa shape index (κ1) is 26.4. The lowest BCUT2D eigenvalue weighted by Crippen LogP contribution is -2.31. The number of aromatic nitrogens is 4. The number of nitrogens with zero attached hydrogens (tertiary/aromatic N) is 5. The lowest BCUT2D eigenvalue weighted by molar-refractivity contribution is -0.176. The molecule has 0 radical (unpaired) electrons. The molecule has 12 heteroatoms. The smallest absolute Gasteiger partial charge is 0.280 e. The zero-order valence-corrected chi connectivity index (χ0v) is 20.8. The first-order valence-electron chi connectivity index (χ1n) is 11.3. The summed E-state index contributed by atoms with van der Waals surface area (Å²) in [6, 6.07) is 4.32. The minimum absolute atomic E-state index is 0.228. The van der Waals surface area contributed by atoms with E-state index in [4.69, 9.17) is 15.3 Å². The van der Waals surface area contributed by atoms with Gasteiger partial charge in [0, 0.05) is 24.1 Å². The monoisotopic (exact) mass is 501 g/mol. The lowest BCUT2D eigenvalue weighted by Gasteiger charge is -2.20. The van der Waals surface area contributed by atoms with Gasteiger partial charge in [0.25, 0.3) is 5.91 Å². The molecule has 0 spiro atoms. The van der Waals surface area contributed by atoms with Crippen LogP contribution < -0.4 is 15.4 Å². The Morgan fingerprint density at radius 2 is 2.06 bits per heavy atom. The largest absolute Gasteiger partial charge is 0.477 e. The molecule has 0 saturated heterocycles. The molecule has 4 N–H and O–H groups in total. The molecule has 1 aliphatic rings. The predicted molar refractivity (Wildman–Crippen MR) is 134 cm³/mol. The SMILES string of the molecule is CCOc1cncc(-c2cnc(C(=O)NC(CCN(C)C)c3cc(NC4CC4)ccn3)s2)n1.OO. The lowest BCUT2D eigenvalue weighted by atomic mass is 10.1. The van der Waals surface area contributed by atoms with Crippen LogP contribution >= 0.6 is 11.3 Å². The van der Waals surface area contributed by atoms with Crippen LogP contribution in [0.1, 0.15) is 47.7 Å². The minimum Gasteiger partial charge on any atom is -0.477 e. The van der Waals surface area contributed by atoms with Gasteiger partial charge < -0.3 is 20.3 Å². The topological polar surface area (TPSA) is 146 Å². The fourth-order valence-electron chi connectivity index (χ4n) is 3.28. The number of nitrogens with one attached hydrogen (secondary N) is 2. The first-order valence-corrected chi connectivity index (χ1v) is 12.1. The van der Waals surface area contributed by atoms with E-state index in [9.17, 15) is 4.79 Å². The summed E-state index contributed by atoms with van der Waals surface area (Å²) in [5.74, 6) is 0.218. The van der Waals surface area contributed by atoms with Crippen LogP contribution in [-0.2, 0) is 0 Å². The second kappa shape index (κ2) is 13.0. The Morgan fingerprint density at radius 3 is 2.77 bits per heavy atom. The van der Waals surface area contributed by atoms with Crippen molar-refractivity contribution in [1.29, 1.82) is 0 Å². The van der Waals surface area contributed by atoms with Crippen molar-refractivity contribution in [3.63, 3.8) is 0 Å². The van der Waals surface area contributed by atoms with E-state index in [0.29, 0.717) is 29.2 Å². The van der Waals surface area contributed by atoms with E-state index >= 15 is 0 Å². The van der Waals surface area contributed by atoms with E-state index in [1.165, 1.54) is 24.2 Å². The number of hydrogen-bond acceptors (Lipinski definition) is 11. The Balaban J connectivity index is 0.00000167. The van der Waals surface area contributed by atoms with Gasteiger partial charge in [0.15, 0.2) is 5.01 Å². The van der Waals surface area contributed by atoms with Gasteiger partial charge in [-0.1, -0.05) is 0 Å². The number of amides is 1. The van der Waals surface area contributed by atoms with Crippen LogP contribution in [0.2, 0.25) is 0 Å². The van der Waals surface area contributed by atoms with Gasteiger partial charge in [-0.25, -0.2) is 9.97 Å². The number of thiazole rings is 1. The summed E-state index contributed by atoms with van der Waals surface area (Å²) in [6.45, 7) is 3.22. The molecule has 188 valence electrons. The summed E-state index contributed by atoms with van der Waals surface area (Å²) in [7, 11) is 4.03. The van der Waals surface area contributed by atoms with E-state index in [0.717, 1.165) is 29.2 Å². The first-order chi connectivity index (χ1) is 17.0. The van der Waals surface area contributed by atoms with Gasteiger partial charge in [-0.15, -0.1) is 11.3 Å². The molecule has 1 aliphatic carbocycles. The molecular weight excluding hydrogens is 470 g/mol. The van der Waals surface area contributed by atoms with Crippen molar-refractivity contribution >= 4 is 22.9 Å². The molecule has 1 saturated carbocycles. The van der Waals surface area contributed by atoms with Gasteiger partial charge in [-0.2, -0.15) is 0 Å². The Morgan fingerprint density at radius 1 is 1.26 bits per heavy atom. The average Bonchev–Trinajstić information content (AvgIpc) is 3.54. The molecule has 0 bridgehead atoms. The highest BCUT2D eigenvalue weighted by Gasteiger charge is 2.23. The molecular formula is C23H31N7O4S. The summed E-state index contributed by atoms with van der Waals surface area (Å²) in [4.78, 5) is 33.4. The maximum absolute atomic E-state index is 13.1. The number of hydrogen-bond donors (Lipinski definition) is 4. The molecule has 3 heterocycles. The second-order valence-electron chi connectivity index (χ2n) is 8.21. The molecule has 11 nitrogen and oxygen atoms in total. The van der Waals surface area contributed by atoms with Crippen molar-refractivity contribution < 1.29 is 20.0 Å². The van der Waals surface area contributed by atoms with Gasteiger partial charge in [0.1, 0.15) is 5.69 Å². The fraction of sp³-hybridized carbons (Fsp3) is 0.435. The molecule has 1 atom stereocenters. The third kappa shape index (κ3) is 7.92. The maximum atomic E-state index is 13.1. The van der Waals surface area contributed by atoms with Crippen LogP contribution in [0.15, 0.2) is 36.9 Å². The Kier molecular flexibility index (Phi) is 9.85. The summed E-state index contributed by atoms with van der Waals surface area (Å²) in [5, 5.41) is 19.0. The number of ether oxygens (including phenoxy) is 1. The summed E-state index contributed by atoms with van der Waals surface area (Å²) >= 11 is 1.28. The minimum atomic E-state index is -0.230. The van der Waals surface area contributed by atoms with Gasteiger partial charge in [-0.3, -0.25) is 25.3 Å². The highest BCUT2D eigenvalue weighted by atomic mass is 32.1. The van der Waals surface area contributed by atoms with Crippen molar-refractivity contribution in [3.05, 3.63) is 47.6 Å². The van der Waals surface area contributed by atoms with Crippen molar-refractivity contribution in [2.45, 2.75) is 38.3 Å². The van der Waals surface area contributed by atoms with Crippen LogP contribution in [0.4, 0.5) is 5.69 Å². The number of rotatable bonds is 11. The Bertz CT molecular complexity index is 1090. The molecule has 3 aromatic rings. The fourth-order valence-corrected chi connectivity index (χ4v) is 4.05.